The standard InChI is InChI=1S/C15H19N3O4S2/c1-2-3-4-11(14(21)22)17-12(19)9-23-8-10-7-13(20)18-5-6-24-15(18)16-10/h5-7,11H,2-4,8-9H2,1H3,(H,17,19)(H,21,22). The van der Waals surface area contributed by atoms with E-state index in [1.54, 1.807) is 11.6 Å². The predicted molar refractivity (Wildman–Crippen MR) is 94.6 cm³/mol. The average Bonchev–Trinajstić information content (AvgIpc) is 3.00. The Morgan fingerprint density at radius 1 is 1.50 bits per heavy atom. The van der Waals surface area contributed by atoms with Crippen molar-refractivity contribution in [2.24, 2.45) is 0 Å². The highest BCUT2D eigenvalue weighted by Crippen LogP contribution is 2.12. The number of hydrogen-bond acceptors (Lipinski definition) is 6. The Balaban J connectivity index is 1.84. The van der Waals surface area contributed by atoms with E-state index in [4.69, 9.17) is 5.11 Å². The monoisotopic (exact) mass is 369 g/mol. The second kappa shape index (κ2) is 8.84. The normalized spacial score (nSPS) is 12.2. The Bertz CT molecular complexity index is 771. The van der Waals surface area contributed by atoms with Crippen LogP contribution in [0.15, 0.2) is 22.4 Å². The topological polar surface area (TPSA) is 101 Å². The third-order valence-corrected chi connectivity index (χ3v) is 5.04. The van der Waals surface area contributed by atoms with Crippen LogP contribution in [-0.4, -0.2) is 38.2 Å². The molecule has 0 aliphatic carbocycles. The van der Waals surface area contributed by atoms with Gasteiger partial charge in [0.05, 0.1) is 11.4 Å². The number of rotatable bonds is 9. The van der Waals surface area contributed by atoms with Crippen molar-refractivity contribution >= 4 is 39.9 Å². The van der Waals surface area contributed by atoms with E-state index in [1.165, 1.54) is 33.6 Å². The summed E-state index contributed by atoms with van der Waals surface area (Å²) in [6.07, 6.45) is 3.72. The van der Waals surface area contributed by atoms with Crippen molar-refractivity contribution in [3.8, 4) is 0 Å². The molecule has 130 valence electrons. The van der Waals surface area contributed by atoms with Crippen LogP contribution in [0.25, 0.3) is 4.96 Å². The van der Waals surface area contributed by atoms with E-state index in [1.807, 2.05) is 6.92 Å². The molecule has 9 heteroatoms. The molecule has 0 bridgehead atoms. The van der Waals surface area contributed by atoms with Gasteiger partial charge in [0.15, 0.2) is 4.96 Å². The number of thioether (sulfide) groups is 1. The molecular weight excluding hydrogens is 350 g/mol. The molecule has 0 saturated heterocycles. The van der Waals surface area contributed by atoms with Crippen LogP contribution in [0.1, 0.15) is 31.9 Å². The average molecular weight is 369 g/mol. The zero-order chi connectivity index (χ0) is 17.5. The molecule has 0 fully saturated rings. The Morgan fingerprint density at radius 2 is 2.29 bits per heavy atom. The van der Waals surface area contributed by atoms with Crippen molar-refractivity contribution in [3.63, 3.8) is 0 Å². The second-order valence-electron chi connectivity index (χ2n) is 5.23. The summed E-state index contributed by atoms with van der Waals surface area (Å²) >= 11 is 2.67. The molecule has 2 aromatic heterocycles. The van der Waals surface area contributed by atoms with Crippen LogP contribution in [0.5, 0.6) is 0 Å². The van der Waals surface area contributed by atoms with Gasteiger partial charge < -0.3 is 10.4 Å². The largest absolute Gasteiger partial charge is 0.480 e. The van der Waals surface area contributed by atoms with Crippen molar-refractivity contribution in [1.82, 2.24) is 14.7 Å². The van der Waals surface area contributed by atoms with Crippen LogP contribution >= 0.6 is 23.1 Å². The summed E-state index contributed by atoms with van der Waals surface area (Å²) in [7, 11) is 0. The summed E-state index contributed by atoms with van der Waals surface area (Å²) in [6, 6.07) is 0.606. The summed E-state index contributed by atoms with van der Waals surface area (Å²) < 4.78 is 1.47. The van der Waals surface area contributed by atoms with Gasteiger partial charge in [-0.25, -0.2) is 9.78 Å². The number of carboxylic acids is 1. The summed E-state index contributed by atoms with van der Waals surface area (Å²) in [5.74, 6) is -0.789. The van der Waals surface area contributed by atoms with Crippen molar-refractivity contribution in [2.75, 3.05) is 5.75 Å². The van der Waals surface area contributed by atoms with E-state index in [-0.39, 0.29) is 17.2 Å². The lowest BCUT2D eigenvalue weighted by molar-refractivity contribution is -0.141. The number of unbranched alkanes of at least 4 members (excludes halogenated alkanes) is 1. The lowest BCUT2D eigenvalue weighted by Gasteiger charge is -2.13. The number of carboxylic acid groups (broad SMARTS) is 1. The van der Waals surface area contributed by atoms with Gasteiger partial charge in [0.2, 0.25) is 5.91 Å². The van der Waals surface area contributed by atoms with Gasteiger partial charge in [0.1, 0.15) is 6.04 Å². The molecule has 2 N–H and O–H groups in total. The quantitative estimate of drug-likeness (QED) is 0.698. The Kier molecular flexibility index (Phi) is 6.80. The Hall–Kier alpha value is -1.87. The van der Waals surface area contributed by atoms with Gasteiger partial charge in [0.25, 0.3) is 5.56 Å². The minimum Gasteiger partial charge on any atom is -0.480 e. The molecule has 0 aromatic carbocycles. The predicted octanol–water partition coefficient (Wildman–Crippen LogP) is 1.75. The number of nitrogens with zero attached hydrogens (tertiary/aromatic N) is 2. The van der Waals surface area contributed by atoms with Crippen molar-refractivity contribution in [3.05, 3.63) is 33.7 Å². The number of hydrogen-bond donors (Lipinski definition) is 2. The highest BCUT2D eigenvalue weighted by atomic mass is 32.2. The molecule has 2 heterocycles. The SMILES string of the molecule is CCCCC(NC(=O)CSCc1cc(=O)n2ccsc2n1)C(=O)O. The molecule has 1 atom stereocenters. The lowest BCUT2D eigenvalue weighted by atomic mass is 10.1. The van der Waals surface area contributed by atoms with Crippen molar-refractivity contribution in [1.29, 1.82) is 0 Å². The number of carbonyl (C=O) groups excluding carboxylic acids is 1. The number of aromatic nitrogens is 2. The summed E-state index contributed by atoms with van der Waals surface area (Å²) in [6.45, 7) is 1.97. The first-order valence-corrected chi connectivity index (χ1v) is 9.60. The molecule has 1 unspecified atom stereocenters. The van der Waals surface area contributed by atoms with Gasteiger partial charge >= 0.3 is 5.97 Å². The Morgan fingerprint density at radius 3 is 3.00 bits per heavy atom. The highest BCUT2D eigenvalue weighted by molar-refractivity contribution is 7.99. The summed E-state index contributed by atoms with van der Waals surface area (Å²) in [4.78, 5) is 39.8. The first kappa shape index (κ1) is 18.5. The number of thiazole rings is 1. The molecule has 1 amide bonds. The third kappa shape index (κ3) is 5.07. The molecule has 0 saturated carbocycles. The lowest BCUT2D eigenvalue weighted by Crippen LogP contribution is -2.41. The van der Waals surface area contributed by atoms with Gasteiger partial charge in [-0.15, -0.1) is 23.1 Å². The molecule has 0 aliphatic heterocycles. The number of fused-ring (bicyclic) bond motifs is 1. The molecule has 0 aliphatic rings. The fourth-order valence-corrected chi connectivity index (χ4v) is 3.58. The van der Waals surface area contributed by atoms with Crippen LogP contribution in [-0.2, 0) is 15.3 Å². The van der Waals surface area contributed by atoms with Gasteiger partial charge in [-0.2, -0.15) is 0 Å². The first-order chi connectivity index (χ1) is 11.5. The highest BCUT2D eigenvalue weighted by Gasteiger charge is 2.19. The van der Waals surface area contributed by atoms with E-state index in [2.05, 4.69) is 10.3 Å². The van der Waals surface area contributed by atoms with Crippen molar-refractivity contribution in [2.45, 2.75) is 38.0 Å². The van der Waals surface area contributed by atoms with Gasteiger partial charge in [-0.05, 0) is 6.42 Å². The van der Waals surface area contributed by atoms with E-state index >= 15 is 0 Å². The van der Waals surface area contributed by atoms with Crippen LogP contribution in [0.4, 0.5) is 0 Å². The Labute approximate surface area is 147 Å². The zero-order valence-electron chi connectivity index (χ0n) is 13.2. The molecule has 24 heavy (non-hydrogen) atoms. The number of amides is 1. The molecule has 0 spiro atoms. The van der Waals surface area contributed by atoms with E-state index in [0.29, 0.717) is 22.8 Å². The number of aliphatic carboxylic acids is 1. The maximum atomic E-state index is 11.9. The van der Waals surface area contributed by atoms with Crippen LogP contribution in [0.3, 0.4) is 0 Å². The van der Waals surface area contributed by atoms with Crippen LogP contribution in [0, 0.1) is 0 Å². The number of carbonyl (C=O) groups is 2. The molecular formula is C15H19N3O4S2. The van der Waals surface area contributed by atoms with E-state index in [0.717, 1.165) is 12.8 Å². The van der Waals surface area contributed by atoms with E-state index in [9.17, 15) is 14.4 Å². The smallest absolute Gasteiger partial charge is 0.326 e. The fraction of sp³-hybridized carbons (Fsp3) is 0.467. The zero-order valence-corrected chi connectivity index (χ0v) is 14.9. The minimum absolute atomic E-state index is 0.126. The maximum Gasteiger partial charge on any atom is 0.326 e. The first-order valence-electron chi connectivity index (χ1n) is 7.57. The molecule has 0 radical (unpaired) electrons. The van der Waals surface area contributed by atoms with Crippen molar-refractivity contribution < 1.29 is 14.7 Å². The van der Waals surface area contributed by atoms with E-state index < -0.39 is 12.0 Å². The third-order valence-electron chi connectivity index (χ3n) is 3.32. The second-order valence-corrected chi connectivity index (χ2v) is 7.09. The molecule has 2 rings (SSSR count). The van der Waals surface area contributed by atoms with Gasteiger partial charge in [-0.3, -0.25) is 14.0 Å². The van der Waals surface area contributed by atoms with Crippen LogP contribution in [0.2, 0.25) is 0 Å². The fourth-order valence-electron chi connectivity index (χ4n) is 2.11. The summed E-state index contributed by atoms with van der Waals surface area (Å²) in [5.41, 5.74) is 0.466. The van der Waals surface area contributed by atoms with Gasteiger partial charge in [-0.1, -0.05) is 19.8 Å². The maximum absolute atomic E-state index is 11.9. The van der Waals surface area contributed by atoms with Crippen LogP contribution < -0.4 is 10.9 Å². The number of nitrogens with one attached hydrogen (secondary N) is 1. The summed E-state index contributed by atoms with van der Waals surface area (Å²) in [5, 5.41) is 13.4. The molecule has 7 nitrogen and oxygen atoms in total. The molecule has 2 aromatic rings. The van der Waals surface area contributed by atoms with Gasteiger partial charge in [0, 0.05) is 23.4 Å². The minimum atomic E-state index is -1.01.